The first kappa shape index (κ1) is 7.88. The molecule has 2 atom stereocenters. The van der Waals surface area contributed by atoms with Gasteiger partial charge in [0.25, 0.3) is 0 Å². The van der Waals surface area contributed by atoms with Crippen LogP contribution >= 0.6 is 0 Å². The summed E-state index contributed by atoms with van der Waals surface area (Å²) in [6.45, 7) is -0.447. The van der Waals surface area contributed by atoms with Crippen LogP contribution in [0.25, 0.3) is 0 Å². The van der Waals surface area contributed by atoms with E-state index in [9.17, 15) is 8.78 Å². The third-order valence-corrected chi connectivity index (χ3v) is 1.87. The molecule has 1 rings (SSSR count). The molecule has 1 fully saturated rings. The molecule has 1 heterocycles. The molecule has 1 aliphatic rings. The lowest BCUT2D eigenvalue weighted by molar-refractivity contribution is -0.0702. The van der Waals surface area contributed by atoms with Gasteiger partial charge in [-0.2, -0.15) is 0 Å². The minimum Gasteiger partial charge on any atom is -0.384 e. The second-order valence-electron chi connectivity index (χ2n) is 2.66. The van der Waals surface area contributed by atoms with Crippen molar-refractivity contribution in [3.05, 3.63) is 0 Å². The molecule has 0 radical (unpaired) electrons. The SMILES string of the molecule is O[C@@]1(CF)CCNCC1F. The number of piperidine rings is 1. The van der Waals surface area contributed by atoms with Crippen molar-refractivity contribution >= 4 is 0 Å². The highest BCUT2D eigenvalue weighted by atomic mass is 19.1. The predicted molar refractivity (Wildman–Crippen MR) is 33.3 cm³/mol. The molecule has 2 N–H and O–H groups in total. The van der Waals surface area contributed by atoms with Crippen LogP contribution in [0.2, 0.25) is 0 Å². The smallest absolute Gasteiger partial charge is 0.144 e. The Kier molecular flexibility index (Phi) is 2.21. The van der Waals surface area contributed by atoms with Gasteiger partial charge in [-0.3, -0.25) is 0 Å². The summed E-state index contributed by atoms with van der Waals surface area (Å²) >= 11 is 0. The summed E-state index contributed by atoms with van der Waals surface area (Å²) in [5, 5.41) is 11.9. The Labute approximate surface area is 58.2 Å². The first-order valence-electron chi connectivity index (χ1n) is 3.32. The summed E-state index contributed by atoms with van der Waals surface area (Å²) in [5.41, 5.74) is -1.72. The summed E-state index contributed by atoms with van der Waals surface area (Å²) in [6.07, 6.45) is -1.31. The average molecular weight is 151 g/mol. The third kappa shape index (κ3) is 1.27. The van der Waals surface area contributed by atoms with E-state index in [0.29, 0.717) is 6.54 Å². The van der Waals surface area contributed by atoms with Crippen LogP contribution in [0.15, 0.2) is 0 Å². The third-order valence-electron chi connectivity index (χ3n) is 1.87. The van der Waals surface area contributed by atoms with Crippen molar-refractivity contribution in [3.8, 4) is 0 Å². The molecule has 0 saturated carbocycles. The minimum atomic E-state index is -1.72. The lowest BCUT2D eigenvalue weighted by atomic mass is 9.92. The van der Waals surface area contributed by atoms with Gasteiger partial charge < -0.3 is 10.4 Å². The molecule has 0 aromatic rings. The van der Waals surface area contributed by atoms with Gasteiger partial charge in [0.05, 0.1) is 0 Å². The molecule has 2 nitrogen and oxygen atoms in total. The second-order valence-corrected chi connectivity index (χ2v) is 2.66. The number of aliphatic hydroxyl groups is 1. The van der Waals surface area contributed by atoms with Crippen molar-refractivity contribution in [2.24, 2.45) is 0 Å². The van der Waals surface area contributed by atoms with Gasteiger partial charge in [0, 0.05) is 6.54 Å². The molecule has 0 amide bonds. The fraction of sp³-hybridized carbons (Fsp3) is 1.00. The number of hydrogen-bond donors (Lipinski definition) is 2. The largest absolute Gasteiger partial charge is 0.384 e. The molecule has 1 saturated heterocycles. The van der Waals surface area contributed by atoms with Gasteiger partial charge in [0.2, 0.25) is 0 Å². The highest BCUT2D eigenvalue weighted by molar-refractivity contribution is 4.91. The van der Waals surface area contributed by atoms with Crippen LogP contribution in [-0.2, 0) is 0 Å². The molecule has 0 bridgehead atoms. The van der Waals surface area contributed by atoms with Gasteiger partial charge in [0.1, 0.15) is 18.4 Å². The Morgan fingerprint density at radius 1 is 1.70 bits per heavy atom. The number of halogens is 2. The Morgan fingerprint density at radius 3 is 2.80 bits per heavy atom. The summed E-state index contributed by atoms with van der Waals surface area (Å²) in [5.74, 6) is 0. The van der Waals surface area contributed by atoms with E-state index >= 15 is 0 Å². The standard InChI is InChI=1S/C6H11F2NO/c7-4-6(10)1-2-9-3-5(6)8/h5,9-10H,1-4H2/t5?,6-/m1/s1. The monoisotopic (exact) mass is 151 g/mol. The van der Waals surface area contributed by atoms with E-state index in [-0.39, 0.29) is 13.0 Å². The van der Waals surface area contributed by atoms with Crippen LogP contribution in [-0.4, -0.2) is 36.6 Å². The maximum Gasteiger partial charge on any atom is 0.144 e. The van der Waals surface area contributed by atoms with Crippen LogP contribution < -0.4 is 5.32 Å². The maximum absolute atomic E-state index is 12.7. The van der Waals surface area contributed by atoms with Crippen molar-refractivity contribution in [1.29, 1.82) is 0 Å². The molecule has 0 aliphatic carbocycles. The molecule has 0 aromatic heterocycles. The Hall–Kier alpha value is -0.220. The predicted octanol–water partition coefficient (Wildman–Crippen LogP) is 0.0184. The molecule has 0 aromatic carbocycles. The highest BCUT2D eigenvalue weighted by Crippen LogP contribution is 2.21. The van der Waals surface area contributed by atoms with Crippen molar-refractivity contribution in [2.45, 2.75) is 18.2 Å². The Bertz CT molecular complexity index is 122. The molecular formula is C6H11F2NO. The van der Waals surface area contributed by atoms with E-state index in [1.165, 1.54) is 0 Å². The van der Waals surface area contributed by atoms with Gasteiger partial charge in [0.15, 0.2) is 0 Å². The van der Waals surface area contributed by atoms with Crippen molar-refractivity contribution in [3.63, 3.8) is 0 Å². The van der Waals surface area contributed by atoms with Crippen LogP contribution in [0.5, 0.6) is 0 Å². The molecule has 1 aliphatic heterocycles. The van der Waals surface area contributed by atoms with Gasteiger partial charge in [-0.05, 0) is 13.0 Å². The zero-order valence-corrected chi connectivity index (χ0v) is 5.61. The number of nitrogens with one attached hydrogen (secondary N) is 1. The van der Waals surface area contributed by atoms with E-state index in [4.69, 9.17) is 5.11 Å². The summed E-state index contributed by atoms with van der Waals surface area (Å²) in [6, 6.07) is 0. The quantitative estimate of drug-likeness (QED) is 0.553. The van der Waals surface area contributed by atoms with Gasteiger partial charge >= 0.3 is 0 Å². The van der Waals surface area contributed by atoms with Gasteiger partial charge in [-0.25, -0.2) is 8.78 Å². The number of hydrogen-bond acceptors (Lipinski definition) is 2. The van der Waals surface area contributed by atoms with Gasteiger partial charge in [-0.1, -0.05) is 0 Å². The number of alkyl halides is 2. The zero-order valence-electron chi connectivity index (χ0n) is 5.61. The van der Waals surface area contributed by atoms with E-state index in [0.717, 1.165) is 0 Å². The molecule has 0 spiro atoms. The molecule has 10 heavy (non-hydrogen) atoms. The van der Waals surface area contributed by atoms with E-state index in [1.54, 1.807) is 0 Å². The molecule has 1 unspecified atom stereocenters. The Morgan fingerprint density at radius 2 is 2.40 bits per heavy atom. The number of rotatable bonds is 1. The topological polar surface area (TPSA) is 32.3 Å². The van der Waals surface area contributed by atoms with Crippen LogP contribution in [0.4, 0.5) is 8.78 Å². The summed E-state index contributed by atoms with van der Waals surface area (Å²) in [4.78, 5) is 0. The molecular weight excluding hydrogens is 140 g/mol. The normalized spacial score (nSPS) is 41.7. The second kappa shape index (κ2) is 2.80. The van der Waals surface area contributed by atoms with Crippen molar-refractivity contribution in [1.82, 2.24) is 5.32 Å². The van der Waals surface area contributed by atoms with Crippen LogP contribution in [0.3, 0.4) is 0 Å². The Balaban J connectivity index is 2.54. The maximum atomic E-state index is 12.7. The molecule has 60 valence electrons. The van der Waals surface area contributed by atoms with Crippen molar-refractivity contribution in [2.75, 3.05) is 19.8 Å². The van der Waals surface area contributed by atoms with E-state index in [2.05, 4.69) is 5.32 Å². The van der Waals surface area contributed by atoms with Crippen molar-refractivity contribution < 1.29 is 13.9 Å². The van der Waals surface area contributed by atoms with E-state index < -0.39 is 18.4 Å². The first-order chi connectivity index (χ1) is 4.69. The fourth-order valence-corrected chi connectivity index (χ4v) is 1.03. The molecule has 4 heteroatoms. The zero-order chi connectivity index (χ0) is 7.61. The fourth-order valence-electron chi connectivity index (χ4n) is 1.03. The first-order valence-corrected chi connectivity index (χ1v) is 3.32. The average Bonchev–Trinajstić information content (AvgIpc) is 1.96. The summed E-state index contributed by atoms with van der Waals surface area (Å²) < 4.78 is 24.7. The van der Waals surface area contributed by atoms with Crippen LogP contribution in [0, 0.1) is 0 Å². The lowest BCUT2D eigenvalue weighted by Crippen LogP contribution is -2.53. The summed E-state index contributed by atoms with van der Waals surface area (Å²) in [7, 11) is 0. The minimum absolute atomic E-state index is 0.0560. The van der Waals surface area contributed by atoms with Gasteiger partial charge in [-0.15, -0.1) is 0 Å². The highest BCUT2D eigenvalue weighted by Gasteiger charge is 2.39. The lowest BCUT2D eigenvalue weighted by Gasteiger charge is -2.33. The van der Waals surface area contributed by atoms with Crippen LogP contribution in [0.1, 0.15) is 6.42 Å². The van der Waals surface area contributed by atoms with E-state index in [1.807, 2.05) is 0 Å².